The van der Waals surface area contributed by atoms with E-state index >= 15 is 0 Å². The zero-order valence-electron chi connectivity index (χ0n) is 8.62. The standard InChI is InChI=1S/C8H16N2O4S/c1-15(13,14)4-7(11)10-6-8(12)2-3-9-5-8/h9,12H,2-6H2,1H3,(H,10,11). The molecule has 6 nitrogen and oxygen atoms in total. The first-order valence-electron chi connectivity index (χ1n) is 4.68. The Bertz CT molecular complexity index is 333. The van der Waals surface area contributed by atoms with Crippen LogP contribution in [0.15, 0.2) is 0 Å². The van der Waals surface area contributed by atoms with Crippen LogP contribution < -0.4 is 10.6 Å². The van der Waals surface area contributed by atoms with E-state index in [1.54, 1.807) is 0 Å². The summed E-state index contributed by atoms with van der Waals surface area (Å²) in [4.78, 5) is 11.1. The lowest BCUT2D eigenvalue weighted by atomic mass is 10.0. The predicted molar refractivity (Wildman–Crippen MR) is 55.2 cm³/mol. The minimum absolute atomic E-state index is 0.0916. The van der Waals surface area contributed by atoms with E-state index in [-0.39, 0.29) is 6.54 Å². The summed E-state index contributed by atoms with van der Waals surface area (Å²) in [6.07, 6.45) is 1.56. The Morgan fingerprint density at radius 1 is 1.60 bits per heavy atom. The molecule has 0 aliphatic carbocycles. The SMILES string of the molecule is CS(=O)(=O)CC(=O)NCC1(O)CCNC1. The van der Waals surface area contributed by atoms with E-state index < -0.39 is 27.1 Å². The Balaban J connectivity index is 2.34. The minimum atomic E-state index is -3.30. The molecular formula is C8H16N2O4S. The number of hydrogen-bond donors (Lipinski definition) is 3. The van der Waals surface area contributed by atoms with Crippen molar-refractivity contribution in [1.29, 1.82) is 0 Å². The molecule has 0 spiro atoms. The third-order valence-electron chi connectivity index (χ3n) is 2.23. The van der Waals surface area contributed by atoms with E-state index in [2.05, 4.69) is 10.6 Å². The maximum Gasteiger partial charge on any atom is 0.235 e. The van der Waals surface area contributed by atoms with Crippen LogP contribution in [0, 0.1) is 0 Å². The third-order valence-corrected chi connectivity index (χ3v) is 3.02. The van der Waals surface area contributed by atoms with Crippen LogP contribution in [0.3, 0.4) is 0 Å². The zero-order chi connectivity index (χ0) is 11.5. The van der Waals surface area contributed by atoms with Crippen LogP contribution in [-0.4, -0.2) is 56.7 Å². The lowest BCUT2D eigenvalue weighted by Crippen LogP contribution is -2.45. The molecule has 1 rings (SSSR count). The van der Waals surface area contributed by atoms with Gasteiger partial charge in [-0.25, -0.2) is 8.42 Å². The predicted octanol–water partition coefficient (Wildman–Crippen LogP) is -2.13. The summed E-state index contributed by atoms with van der Waals surface area (Å²) in [7, 11) is -3.30. The maximum absolute atomic E-state index is 11.1. The molecule has 0 radical (unpaired) electrons. The number of rotatable bonds is 4. The molecule has 1 atom stereocenters. The molecule has 0 saturated carbocycles. The number of aliphatic hydroxyl groups is 1. The summed E-state index contributed by atoms with van der Waals surface area (Å²) in [6, 6.07) is 0. The molecule has 88 valence electrons. The highest BCUT2D eigenvalue weighted by Gasteiger charge is 2.31. The molecule has 0 bridgehead atoms. The van der Waals surface area contributed by atoms with E-state index in [1.807, 2.05) is 0 Å². The molecule has 1 unspecified atom stereocenters. The van der Waals surface area contributed by atoms with Crippen molar-refractivity contribution in [2.24, 2.45) is 0 Å². The van der Waals surface area contributed by atoms with Crippen LogP contribution in [0.25, 0.3) is 0 Å². The van der Waals surface area contributed by atoms with Gasteiger partial charge in [0.2, 0.25) is 5.91 Å². The Kier molecular flexibility index (Phi) is 3.69. The summed E-state index contributed by atoms with van der Waals surface area (Å²) in [5.74, 6) is -1.10. The van der Waals surface area contributed by atoms with Crippen LogP contribution in [0.5, 0.6) is 0 Å². The summed E-state index contributed by atoms with van der Waals surface area (Å²) in [6.45, 7) is 1.22. The molecule has 0 aromatic heterocycles. The van der Waals surface area contributed by atoms with Crippen molar-refractivity contribution in [3.05, 3.63) is 0 Å². The quantitative estimate of drug-likeness (QED) is 0.518. The molecule has 1 amide bonds. The second kappa shape index (κ2) is 4.46. The summed E-state index contributed by atoms with van der Waals surface area (Å²) in [5, 5.41) is 15.2. The fraction of sp³-hybridized carbons (Fsp3) is 0.875. The van der Waals surface area contributed by atoms with Crippen LogP contribution in [-0.2, 0) is 14.6 Å². The van der Waals surface area contributed by atoms with E-state index in [0.29, 0.717) is 19.5 Å². The maximum atomic E-state index is 11.1. The molecule has 7 heteroatoms. The Hall–Kier alpha value is -0.660. The lowest BCUT2D eigenvalue weighted by molar-refractivity contribution is -0.119. The second-order valence-corrected chi connectivity index (χ2v) is 6.14. The number of sulfone groups is 1. The van der Waals surface area contributed by atoms with Crippen LogP contribution in [0.1, 0.15) is 6.42 Å². The minimum Gasteiger partial charge on any atom is -0.387 e. The van der Waals surface area contributed by atoms with Gasteiger partial charge in [-0.1, -0.05) is 0 Å². The first kappa shape index (κ1) is 12.4. The Morgan fingerprint density at radius 3 is 2.73 bits per heavy atom. The van der Waals surface area contributed by atoms with Gasteiger partial charge in [0.25, 0.3) is 0 Å². The average molecular weight is 236 g/mol. The summed E-state index contributed by atoms with van der Waals surface area (Å²) >= 11 is 0. The van der Waals surface area contributed by atoms with Gasteiger partial charge in [-0.2, -0.15) is 0 Å². The molecule has 1 fully saturated rings. The molecular weight excluding hydrogens is 220 g/mol. The number of amides is 1. The van der Waals surface area contributed by atoms with E-state index in [1.165, 1.54) is 0 Å². The van der Waals surface area contributed by atoms with Gasteiger partial charge >= 0.3 is 0 Å². The van der Waals surface area contributed by atoms with Crippen molar-refractivity contribution in [3.63, 3.8) is 0 Å². The van der Waals surface area contributed by atoms with Crippen molar-refractivity contribution in [2.75, 3.05) is 31.6 Å². The monoisotopic (exact) mass is 236 g/mol. The van der Waals surface area contributed by atoms with Gasteiger partial charge in [0, 0.05) is 19.3 Å². The number of β-amino-alcohol motifs (C(OH)–C–C–N with tert-alkyl or cyclic N) is 1. The Labute approximate surface area is 89.0 Å². The van der Waals surface area contributed by atoms with Crippen LogP contribution in [0.2, 0.25) is 0 Å². The number of carbonyl (C=O) groups excluding carboxylic acids is 1. The number of nitrogens with one attached hydrogen (secondary N) is 2. The normalized spacial score (nSPS) is 26.5. The zero-order valence-corrected chi connectivity index (χ0v) is 9.43. The largest absolute Gasteiger partial charge is 0.387 e. The van der Waals surface area contributed by atoms with Crippen molar-refractivity contribution in [1.82, 2.24) is 10.6 Å². The van der Waals surface area contributed by atoms with Gasteiger partial charge in [-0.3, -0.25) is 4.79 Å². The van der Waals surface area contributed by atoms with Gasteiger partial charge in [0.1, 0.15) is 5.75 Å². The molecule has 3 N–H and O–H groups in total. The second-order valence-electron chi connectivity index (χ2n) is 4.00. The molecule has 1 saturated heterocycles. The van der Waals surface area contributed by atoms with Gasteiger partial charge in [0.15, 0.2) is 9.84 Å². The van der Waals surface area contributed by atoms with Crippen molar-refractivity contribution < 1.29 is 18.3 Å². The summed E-state index contributed by atoms with van der Waals surface area (Å²) in [5.41, 5.74) is -0.937. The van der Waals surface area contributed by atoms with Crippen LogP contribution in [0.4, 0.5) is 0 Å². The molecule has 0 aromatic rings. The lowest BCUT2D eigenvalue weighted by Gasteiger charge is -2.21. The molecule has 0 aromatic carbocycles. The fourth-order valence-electron chi connectivity index (χ4n) is 1.43. The number of hydrogen-bond acceptors (Lipinski definition) is 5. The highest BCUT2D eigenvalue weighted by molar-refractivity contribution is 7.91. The molecule has 1 heterocycles. The third kappa shape index (κ3) is 4.59. The van der Waals surface area contributed by atoms with E-state index in [9.17, 15) is 18.3 Å². The first-order valence-corrected chi connectivity index (χ1v) is 6.74. The molecule has 15 heavy (non-hydrogen) atoms. The smallest absolute Gasteiger partial charge is 0.235 e. The number of carbonyl (C=O) groups is 1. The van der Waals surface area contributed by atoms with E-state index in [4.69, 9.17) is 0 Å². The summed E-state index contributed by atoms with van der Waals surface area (Å²) < 4.78 is 21.6. The van der Waals surface area contributed by atoms with Crippen molar-refractivity contribution in [2.45, 2.75) is 12.0 Å². The van der Waals surface area contributed by atoms with Crippen LogP contribution >= 0.6 is 0 Å². The average Bonchev–Trinajstić information content (AvgIpc) is 2.47. The Morgan fingerprint density at radius 2 is 2.27 bits per heavy atom. The fourth-order valence-corrected chi connectivity index (χ4v) is 2.01. The molecule has 1 aliphatic heterocycles. The highest BCUT2D eigenvalue weighted by atomic mass is 32.2. The van der Waals surface area contributed by atoms with Gasteiger partial charge in [-0.15, -0.1) is 0 Å². The molecule has 1 aliphatic rings. The van der Waals surface area contributed by atoms with Gasteiger partial charge in [0.05, 0.1) is 5.60 Å². The van der Waals surface area contributed by atoms with Gasteiger partial charge < -0.3 is 15.7 Å². The van der Waals surface area contributed by atoms with Crippen molar-refractivity contribution >= 4 is 15.7 Å². The van der Waals surface area contributed by atoms with Crippen molar-refractivity contribution in [3.8, 4) is 0 Å². The highest BCUT2D eigenvalue weighted by Crippen LogP contribution is 2.12. The van der Waals surface area contributed by atoms with E-state index in [0.717, 1.165) is 6.26 Å². The first-order chi connectivity index (χ1) is 6.81. The topological polar surface area (TPSA) is 95.5 Å². The van der Waals surface area contributed by atoms with Gasteiger partial charge in [-0.05, 0) is 13.0 Å².